The van der Waals surface area contributed by atoms with Gasteiger partial charge in [0.25, 0.3) is 0 Å². The van der Waals surface area contributed by atoms with Crippen LogP contribution in [0.15, 0.2) is 0 Å². The maximum Gasteiger partial charge on any atom is 0.212 e. The highest BCUT2D eigenvalue weighted by Crippen LogP contribution is 2.14. The second kappa shape index (κ2) is 7.70. The van der Waals surface area contributed by atoms with Gasteiger partial charge < -0.3 is 10.2 Å². The molecule has 0 aromatic rings. The molecule has 0 aliphatic carbocycles. The Hall–Kier alpha value is -0.210. The normalized spacial score (nSPS) is 26.1. The second-order valence-corrected chi connectivity index (χ2v) is 7.73. The summed E-state index contributed by atoms with van der Waals surface area (Å²) < 4.78 is 26.8. The number of nitrogens with one attached hydrogen (secondary N) is 2. The van der Waals surface area contributed by atoms with Gasteiger partial charge in [-0.25, -0.2) is 13.1 Å². The van der Waals surface area contributed by atoms with Gasteiger partial charge in [0.1, 0.15) is 0 Å². The lowest BCUT2D eigenvalue weighted by molar-refractivity contribution is 0.253. The molecule has 0 radical (unpaired) electrons. The zero-order valence-corrected chi connectivity index (χ0v) is 13.3. The molecule has 2 fully saturated rings. The Morgan fingerprint density at radius 3 is 2.60 bits per heavy atom. The number of sulfonamides is 1. The molecule has 0 aromatic carbocycles. The third-order valence-corrected chi connectivity index (χ3v) is 5.62. The van der Waals surface area contributed by atoms with Crippen molar-refractivity contribution >= 4 is 10.0 Å². The van der Waals surface area contributed by atoms with E-state index < -0.39 is 10.0 Å². The van der Waals surface area contributed by atoms with E-state index in [2.05, 4.69) is 26.8 Å². The van der Waals surface area contributed by atoms with Crippen molar-refractivity contribution in [2.75, 3.05) is 64.7 Å². The maximum absolute atomic E-state index is 12.0. The summed E-state index contributed by atoms with van der Waals surface area (Å²) in [5, 5.41) is 3.27. The number of hydrogen-bond donors (Lipinski definition) is 2. The number of hydrogen-bond acceptors (Lipinski definition) is 5. The number of piperazine rings is 1. The number of nitrogens with zero attached hydrogens (tertiary/aromatic N) is 2. The van der Waals surface area contributed by atoms with E-state index in [1.165, 1.54) is 0 Å². The Kier molecular flexibility index (Phi) is 6.22. The zero-order chi connectivity index (χ0) is 14.4. The van der Waals surface area contributed by atoms with Crippen molar-refractivity contribution in [3.8, 4) is 0 Å². The fourth-order valence-corrected chi connectivity index (χ4v) is 4.00. The van der Waals surface area contributed by atoms with Crippen molar-refractivity contribution in [1.29, 1.82) is 0 Å². The van der Waals surface area contributed by atoms with Crippen LogP contribution in [0, 0.1) is 5.92 Å². The van der Waals surface area contributed by atoms with Gasteiger partial charge in [0.2, 0.25) is 10.0 Å². The average molecular weight is 304 g/mol. The molecule has 0 amide bonds. The summed E-state index contributed by atoms with van der Waals surface area (Å²) in [5.41, 5.74) is 0. The van der Waals surface area contributed by atoms with Crippen LogP contribution in [0.4, 0.5) is 0 Å². The predicted octanol–water partition coefficient (Wildman–Crippen LogP) is -0.847. The van der Waals surface area contributed by atoms with Crippen molar-refractivity contribution in [2.24, 2.45) is 5.92 Å². The summed E-state index contributed by atoms with van der Waals surface area (Å²) in [6.45, 7) is 10.4. The van der Waals surface area contributed by atoms with E-state index in [9.17, 15) is 8.42 Å². The summed E-state index contributed by atoms with van der Waals surface area (Å²) >= 11 is 0. The molecule has 1 unspecified atom stereocenters. The summed E-state index contributed by atoms with van der Waals surface area (Å²) in [4.78, 5) is 4.59. The first-order valence-electron chi connectivity index (χ1n) is 7.72. The molecule has 7 heteroatoms. The molecule has 1 atom stereocenters. The van der Waals surface area contributed by atoms with Crippen LogP contribution in [0.25, 0.3) is 0 Å². The fraction of sp³-hybridized carbons (Fsp3) is 1.00. The topological polar surface area (TPSA) is 64.7 Å². The molecule has 118 valence electrons. The molecule has 0 aromatic heterocycles. The van der Waals surface area contributed by atoms with Crippen molar-refractivity contribution < 1.29 is 8.42 Å². The van der Waals surface area contributed by atoms with Gasteiger partial charge >= 0.3 is 0 Å². The first-order valence-corrected chi connectivity index (χ1v) is 9.37. The molecule has 20 heavy (non-hydrogen) atoms. The van der Waals surface area contributed by atoms with Crippen LogP contribution in [0.1, 0.15) is 13.3 Å². The average Bonchev–Trinajstić information content (AvgIpc) is 2.93. The minimum absolute atomic E-state index is 0.219. The third kappa shape index (κ3) is 5.29. The van der Waals surface area contributed by atoms with Gasteiger partial charge in [-0.15, -0.1) is 0 Å². The number of rotatable bonds is 7. The molecule has 2 N–H and O–H groups in total. The van der Waals surface area contributed by atoms with E-state index >= 15 is 0 Å². The largest absolute Gasteiger partial charge is 0.314 e. The molecular weight excluding hydrogens is 276 g/mol. The summed E-state index contributed by atoms with van der Waals surface area (Å²) in [6, 6.07) is 0. The van der Waals surface area contributed by atoms with Crippen LogP contribution in [0.5, 0.6) is 0 Å². The van der Waals surface area contributed by atoms with Crippen LogP contribution in [-0.4, -0.2) is 82.9 Å². The quantitative estimate of drug-likeness (QED) is 0.642. The maximum atomic E-state index is 12.0. The number of likely N-dealkylation sites (tertiary alicyclic amines) is 1. The second-order valence-electron chi connectivity index (χ2n) is 5.81. The van der Waals surface area contributed by atoms with Gasteiger partial charge in [0, 0.05) is 45.8 Å². The van der Waals surface area contributed by atoms with E-state index in [-0.39, 0.29) is 5.75 Å². The summed E-state index contributed by atoms with van der Waals surface area (Å²) in [6.07, 6.45) is 1.11. The molecule has 0 bridgehead atoms. The molecule has 0 spiro atoms. The minimum atomic E-state index is -3.12. The van der Waals surface area contributed by atoms with Crippen molar-refractivity contribution in [3.05, 3.63) is 0 Å². The highest BCUT2D eigenvalue weighted by atomic mass is 32.2. The van der Waals surface area contributed by atoms with Crippen LogP contribution >= 0.6 is 0 Å². The Bertz CT molecular complexity index is 382. The molecule has 2 aliphatic heterocycles. The highest BCUT2D eigenvalue weighted by molar-refractivity contribution is 7.89. The minimum Gasteiger partial charge on any atom is -0.314 e. The fourth-order valence-electron chi connectivity index (χ4n) is 2.87. The monoisotopic (exact) mass is 304 g/mol. The lowest BCUT2D eigenvalue weighted by Gasteiger charge is -2.27. The first kappa shape index (κ1) is 16.2. The van der Waals surface area contributed by atoms with Gasteiger partial charge in [0.05, 0.1) is 5.75 Å². The van der Waals surface area contributed by atoms with E-state index in [4.69, 9.17) is 0 Å². The zero-order valence-electron chi connectivity index (χ0n) is 12.5. The lowest BCUT2D eigenvalue weighted by Crippen LogP contribution is -2.46. The standard InChI is InChI=1S/C13H28N4O2S/c1-2-16-6-3-13(12-16)11-15-20(18,19)10-9-17-7-4-14-5-8-17/h13-15H,2-12H2,1H3. The Balaban J connectivity index is 1.65. The third-order valence-electron chi connectivity index (χ3n) is 4.29. The summed E-state index contributed by atoms with van der Waals surface area (Å²) in [7, 11) is -3.12. The Morgan fingerprint density at radius 1 is 1.20 bits per heavy atom. The van der Waals surface area contributed by atoms with E-state index in [0.717, 1.165) is 52.2 Å². The van der Waals surface area contributed by atoms with Crippen molar-refractivity contribution in [2.45, 2.75) is 13.3 Å². The predicted molar refractivity (Wildman–Crippen MR) is 81.3 cm³/mol. The van der Waals surface area contributed by atoms with Gasteiger partial charge in [-0.05, 0) is 25.4 Å². The summed E-state index contributed by atoms with van der Waals surface area (Å²) in [5.74, 6) is 0.695. The van der Waals surface area contributed by atoms with E-state index in [1.807, 2.05) is 0 Å². The molecule has 2 rings (SSSR count). The molecule has 2 aliphatic rings. The SMILES string of the molecule is CCN1CCC(CNS(=O)(=O)CCN2CCNCC2)C1. The highest BCUT2D eigenvalue weighted by Gasteiger charge is 2.23. The Labute approximate surface area is 122 Å². The molecule has 6 nitrogen and oxygen atoms in total. The van der Waals surface area contributed by atoms with Gasteiger partial charge in [-0.1, -0.05) is 6.92 Å². The Morgan fingerprint density at radius 2 is 1.95 bits per heavy atom. The molecule has 2 heterocycles. The first-order chi connectivity index (χ1) is 9.59. The van der Waals surface area contributed by atoms with Gasteiger partial charge in [0.15, 0.2) is 0 Å². The smallest absolute Gasteiger partial charge is 0.212 e. The van der Waals surface area contributed by atoms with Crippen molar-refractivity contribution in [1.82, 2.24) is 19.8 Å². The van der Waals surface area contributed by atoms with Gasteiger partial charge in [-0.3, -0.25) is 4.90 Å². The van der Waals surface area contributed by atoms with Crippen LogP contribution in [-0.2, 0) is 10.0 Å². The molecular formula is C13H28N4O2S. The van der Waals surface area contributed by atoms with Crippen LogP contribution in [0.3, 0.4) is 0 Å². The van der Waals surface area contributed by atoms with Crippen LogP contribution in [0.2, 0.25) is 0 Å². The molecule has 0 saturated carbocycles. The van der Waals surface area contributed by atoms with Gasteiger partial charge in [-0.2, -0.15) is 0 Å². The molecule has 2 saturated heterocycles. The van der Waals surface area contributed by atoms with Crippen LogP contribution < -0.4 is 10.0 Å². The van der Waals surface area contributed by atoms with E-state index in [0.29, 0.717) is 19.0 Å². The van der Waals surface area contributed by atoms with E-state index in [1.54, 1.807) is 0 Å². The lowest BCUT2D eigenvalue weighted by atomic mass is 10.1. The van der Waals surface area contributed by atoms with Crippen molar-refractivity contribution in [3.63, 3.8) is 0 Å².